The zero-order chi connectivity index (χ0) is 20.3. The lowest BCUT2D eigenvalue weighted by Crippen LogP contribution is -2.26. The summed E-state index contributed by atoms with van der Waals surface area (Å²) in [5, 5.41) is 3.71. The molecule has 1 atom stereocenters. The third kappa shape index (κ3) is 4.76. The molecule has 3 rings (SSSR count). The predicted molar refractivity (Wildman–Crippen MR) is 108 cm³/mol. The Morgan fingerprint density at radius 2 is 1.79 bits per heavy atom. The molecule has 146 valence electrons. The number of sulfone groups is 1. The van der Waals surface area contributed by atoms with Crippen LogP contribution in [0.3, 0.4) is 0 Å². The largest absolute Gasteiger partial charge is 0.455 e. The summed E-state index contributed by atoms with van der Waals surface area (Å²) in [5.41, 5.74) is 0.706. The van der Waals surface area contributed by atoms with Crippen LogP contribution in [0.4, 0.5) is 0 Å². The molecule has 3 aromatic rings. The lowest BCUT2D eigenvalue weighted by atomic mass is 10.1. The van der Waals surface area contributed by atoms with Crippen molar-refractivity contribution in [2.75, 3.05) is 0 Å². The number of hydrogen-bond donors (Lipinski definition) is 1. The quantitative estimate of drug-likeness (QED) is 0.584. The number of carbonyl (C=O) groups excluding carboxylic acids is 1. The highest BCUT2D eigenvalue weighted by Gasteiger charge is 2.20. The number of rotatable bonds is 6. The summed E-state index contributed by atoms with van der Waals surface area (Å²) >= 11 is 12.1. The summed E-state index contributed by atoms with van der Waals surface area (Å²) in [5.74, 6) is -0.591. The maximum Gasteiger partial charge on any atom is 0.287 e. The Kier molecular flexibility index (Phi) is 6.13. The van der Waals surface area contributed by atoms with E-state index in [9.17, 15) is 13.2 Å². The van der Waals surface area contributed by atoms with Gasteiger partial charge in [0.05, 0.1) is 10.9 Å². The number of carbonyl (C=O) groups is 1. The number of amides is 1. The van der Waals surface area contributed by atoms with Crippen molar-refractivity contribution in [1.82, 2.24) is 5.32 Å². The Morgan fingerprint density at radius 1 is 1.07 bits per heavy atom. The van der Waals surface area contributed by atoms with Crippen LogP contribution < -0.4 is 5.32 Å². The SMILES string of the molecule is CC(NC(=O)c1ccc(CS(=O)(=O)c2ccccc2)o1)c1ccc(Cl)cc1Cl. The van der Waals surface area contributed by atoms with Crippen LogP contribution >= 0.6 is 23.2 Å². The van der Waals surface area contributed by atoms with Crippen LogP contribution in [-0.2, 0) is 15.6 Å². The van der Waals surface area contributed by atoms with Gasteiger partial charge in [0.25, 0.3) is 5.91 Å². The van der Waals surface area contributed by atoms with E-state index < -0.39 is 15.7 Å². The third-order valence-electron chi connectivity index (χ3n) is 4.10. The first kappa shape index (κ1) is 20.5. The number of halogens is 2. The molecule has 1 heterocycles. The standard InChI is InChI=1S/C20H17Cl2NO4S/c1-13(17-9-7-14(21)11-18(17)22)23-20(24)19-10-8-15(27-19)12-28(25,26)16-5-3-2-4-6-16/h2-11,13H,12H2,1H3,(H,23,24). The van der Waals surface area contributed by atoms with Gasteiger partial charge in [-0.3, -0.25) is 4.79 Å². The number of furan rings is 1. The Hall–Kier alpha value is -2.28. The molecule has 0 radical (unpaired) electrons. The lowest BCUT2D eigenvalue weighted by Gasteiger charge is -2.15. The summed E-state index contributed by atoms with van der Waals surface area (Å²) in [4.78, 5) is 12.6. The van der Waals surface area contributed by atoms with Crippen molar-refractivity contribution >= 4 is 38.9 Å². The maximum atomic E-state index is 12.4. The van der Waals surface area contributed by atoms with Crippen molar-refractivity contribution in [3.63, 3.8) is 0 Å². The molecule has 28 heavy (non-hydrogen) atoms. The number of benzene rings is 2. The van der Waals surface area contributed by atoms with Gasteiger partial charge in [-0.15, -0.1) is 0 Å². The average molecular weight is 438 g/mol. The van der Waals surface area contributed by atoms with Gasteiger partial charge in [-0.2, -0.15) is 0 Å². The van der Waals surface area contributed by atoms with E-state index in [4.69, 9.17) is 27.6 Å². The highest BCUT2D eigenvalue weighted by atomic mass is 35.5. The van der Waals surface area contributed by atoms with Gasteiger partial charge in [-0.05, 0) is 48.9 Å². The summed E-state index contributed by atoms with van der Waals surface area (Å²) in [6, 6.07) is 15.6. The minimum atomic E-state index is -3.56. The van der Waals surface area contributed by atoms with E-state index in [1.54, 1.807) is 43.3 Å². The van der Waals surface area contributed by atoms with Crippen LogP contribution in [-0.4, -0.2) is 14.3 Å². The molecule has 0 saturated carbocycles. The minimum absolute atomic E-state index is 0.0233. The van der Waals surface area contributed by atoms with Crippen molar-refractivity contribution in [3.8, 4) is 0 Å². The third-order valence-corrected chi connectivity index (χ3v) is 6.31. The van der Waals surface area contributed by atoms with Crippen LogP contribution in [0, 0.1) is 0 Å². The zero-order valence-corrected chi connectivity index (χ0v) is 17.2. The van der Waals surface area contributed by atoms with Gasteiger partial charge in [0.15, 0.2) is 15.6 Å². The molecule has 2 aromatic carbocycles. The van der Waals surface area contributed by atoms with Crippen molar-refractivity contribution in [1.29, 1.82) is 0 Å². The van der Waals surface area contributed by atoms with Crippen molar-refractivity contribution < 1.29 is 17.6 Å². The van der Waals surface area contributed by atoms with E-state index in [-0.39, 0.29) is 28.2 Å². The van der Waals surface area contributed by atoms with E-state index in [2.05, 4.69) is 5.32 Å². The van der Waals surface area contributed by atoms with E-state index in [1.807, 2.05) is 0 Å². The lowest BCUT2D eigenvalue weighted by molar-refractivity contribution is 0.0910. The second-order valence-electron chi connectivity index (χ2n) is 6.20. The van der Waals surface area contributed by atoms with E-state index in [1.165, 1.54) is 24.3 Å². The summed E-state index contributed by atoms with van der Waals surface area (Å²) in [6.45, 7) is 1.77. The molecular formula is C20H17Cl2NO4S. The summed E-state index contributed by atoms with van der Waals surface area (Å²) < 4.78 is 30.3. The zero-order valence-electron chi connectivity index (χ0n) is 14.9. The minimum Gasteiger partial charge on any atom is -0.455 e. The van der Waals surface area contributed by atoms with Gasteiger partial charge in [0.2, 0.25) is 0 Å². The van der Waals surface area contributed by atoms with E-state index >= 15 is 0 Å². The Balaban J connectivity index is 1.70. The molecule has 0 spiro atoms. The van der Waals surface area contributed by atoms with E-state index in [0.29, 0.717) is 15.6 Å². The maximum absolute atomic E-state index is 12.4. The molecule has 1 aromatic heterocycles. The van der Waals surface area contributed by atoms with Gasteiger partial charge >= 0.3 is 0 Å². The Bertz CT molecular complexity index is 1090. The fraction of sp³-hybridized carbons (Fsp3) is 0.150. The monoisotopic (exact) mass is 437 g/mol. The Morgan fingerprint density at radius 3 is 2.46 bits per heavy atom. The fourth-order valence-electron chi connectivity index (χ4n) is 2.67. The molecule has 1 amide bonds. The molecule has 0 saturated heterocycles. The van der Waals surface area contributed by atoms with Crippen LogP contribution in [0.5, 0.6) is 0 Å². The molecule has 0 aliphatic carbocycles. The molecule has 1 N–H and O–H groups in total. The van der Waals surface area contributed by atoms with E-state index in [0.717, 1.165) is 0 Å². The molecule has 0 aliphatic rings. The molecule has 0 aliphatic heterocycles. The van der Waals surface area contributed by atoms with Gasteiger partial charge in [0.1, 0.15) is 11.5 Å². The second kappa shape index (κ2) is 8.39. The highest BCUT2D eigenvalue weighted by molar-refractivity contribution is 7.90. The number of nitrogens with one attached hydrogen (secondary N) is 1. The first-order chi connectivity index (χ1) is 13.3. The molecule has 0 fully saturated rings. The topological polar surface area (TPSA) is 76.4 Å². The van der Waals surface area contributed by atoms with Gasteiger partial charge in [-0.25, -0.2) is 8.42 Å². The predicted octanol–water partition coefficient (Wildman–Crippen LogP) is 5.05. The molecule has 0 bridgehead atoms. The van der Waals surface area contributed by atoms with Crippen molar-refractivity contribution in [2.24, 2.45) is 0 Å². The fourth-order valence-corrected chi connectivity index (χ4v) is 4.51. The normalized spacial score (nSPS) is 12.5. The van der Waals surface area contributed by atoms with Gasteiger partial charge in [-0.1, -0.05) is 47.5 Å². The highest BCUT2D eigenvalue weighted by Crippen LogP contribution is 2.26. The molecule has 8 heteroatoms. The van der Waals surface area contributed by atoms with Gasteiger partial charge < -0.3 is 9.73 Å². The second-order valence-corrected chi connectivity index (χ2v) is 9.03. The van der Waals surface area contributed by atoms with Crippen LogP contribution in [0.15, 0.2) is 70.0 Å². The van der Waals surface area contributed by atoms with Crippen molar-refractivity contribution in [2.45, 2.75) is 23.6 Å². The molecular weight excluding hydrogens is 421 g/mol. The van der Waals surface area contributed by atoms with Crippen LogP contribution in [0.25, 0.3) is 0 Å². The summed E-state index contributed by atoms with van der Waals surface area (Å²) in [7, 11) is -3.56. The average Bonchev–Trinajstić information content (AvgIpc) is 3.10. The van der Waals surface area contributed by atoms with Crippen molar-refractivity contribution in [3.05, 3.63) is 87.8 Å². The van der Waals surface area contributed by atoms with Gasteiger partial charge in [0, 0.05) is 10.0 Å². The smallest absolute Gasteiger partial charge is 0.287 e. The van der Waals surface area contributed by atoms with Crippen LogP contribution in [0.1, 0.15) is 34.8 Å². The Labute approximate surface area is 173 Å². The summed E-state index contributed by atoms with van der Waals surface area (Å²) in [6.07, 6.45) is 0. The first-order valence-corrected chi connectivity index (χ1v) is 10.8. The van der Waals surface area contributed by atoms with Crippen LogP contribution in [0.2, 0.25) is 10.0 Å². The molecule has 5 nitrogen and oxygen atoms in total. The molecule has 1 unspecified atom stereocenters. The first-order valence-electron chi connectivity index (χ1n) is 8.38. The number of hydrogen-bond acceptors (Lipinski definition) is 4.